The van der Waals surface area contributed by atoms with Crippen LogP contribution in [-0.4, -0.2) is 38.9 Å². The minimum atomic E-state index is 0.182. The third kappa shape index (κ3) is 4.49. The Labute approximate surface area is 94.0 Å². The molecule has 0 spiro atoms. The molecular formula is C12H26N2O. The first-order valence-electron chi connectivity index (χ1n) is 5.95. The van der Waals surface area contributed by atoms with E-state index in [1.807, 2.05) is 7.05 Å². The van der Waals surface area contributed by atoms with Gasteiger partial charge >= 0.3 is 0 Å². The highest BCUT2D eigenvalue weighted by Gasteiger charge is 2.27. The number of likely N-dealkylation sites (N-methyl/N-ethyl adjacent to an activating group) is 1. The molecule has 1 aliphatic rings. The standard InChI is InChI=1S/C12H26N2O/c1-11(2,13-4)9-14-10-12(3)5-7-15-8-6-12/h13-14H,5-10H2,1-4H3. The van der Waals surface area contributed by atoms with Gasteiger partial charge in [0.05, 0.1) is 0 Å². The van der Waals surface area contributed by atoms with Gasteiger partial charge in [0.15, 0.2) is 0 Å². The summed E-state index contributed by atoms with van der Waals surface area (Å²) in [5.41, 5.74) is 0.615. The van der Waals surface area contributed by atoms with Crippen molar-refractivity contribution in [1.29, 1.82) is 0 Å². The van der Waals surface area contributed by atoms with Crippen LogP contribution in [0.3, 0.4) is 0 Å². The average Bonchev–Trinajstić information content (AvgIpc) is 2.18. The van der Waals surface area contributed by atoms with E-state index >= 15 is 0 Å². The second-order valence-electron chi connectivity index (χ2n) is 5.66. The van der Waals surface area contributed by atoms with E-state index in [-0.39, 0.29) is 5.54 Å². The number of hydrogen-bond donors (Lipinski definition) is 2. The van der Waals surface area contributed by atoms with Crippen molar-refractivity contribution in [1.82, 2.24) is 10.6 Å². The molecule has 0 saturated carbocycles. The van der Waals surface area contributed by atoms with E-state index in [0.29, 0.717) is 5.41 Å². The fraction of sp³-hybridized carbons (Fsp3) is 1.00. The summed E-state index contributed by atoms with van der Waals surface area (Å²) in [7, 11) is 2.01. The summed E-state index contributed by atoms with van der Waals surface area (Å²) in [6.45, 7) is 10.7. The van der Waals surface area contributed by atoms with Crippen molar-refractivity contribution < 1.29 is 4.74 Å². The highest BCUT2D eigenvalue weighted by atomic mass is 16.5. The van der Waals surface area contributed by atoms with Crippen LogP contribution in [0.25, 0.3) is 0 Å². The molecule has 0 unspecified atom stereocenters. The summed E-state index contributed by atoms with van der Waals surface area (Å²) in [5, 5.41) is 6.87. The molecule has 0 atom stereocenters. The summed E-state index contributed by atoms with van der Waals surface area (Å²) >= 11 is 0. The number of ether oxygens (including phenoxy) is 1. The van der Waals surface area contributed by atoms with E-state index in [1.165, 1.54) is 12.8 Å². The maximum absolute atomic E-state index is 5.39. The summed E-state index contributed by atoms with van der Waals surface area (Å²) in [5.74, 6) is 0. The number of hydrogen-bond acceptors (Lipinski definition) is 3. The van der Waals surface area contributed by atoms with Crippen molar-refractivity contribution >= 4 is 0 Å². The van der Waals surface area contributed by atoms with Crippen molar-refractivity contribution in [2.45, 2.75) is 39.2 Å². The Morgan fingerprint density at radius 2 is 1.87 bits per heavy atom. The van der Waals surface area contributed by atoms with Crippen LogP contribution < -0.4 is 10.6 Å². The van der Waals surface area contributed by atoms with E-state index in [0.717, 1.165) is 26.3 Å². The van der Waals surface area contributed by atoms with Crippen LogP contribution in [-0.2, 0) is 4.74 Å². The van der Waals surface area contributed by atoms with Crippen LogP contribution in [0.5, 0.6) is 0 Å². The monoisotopic (exact) mass is 214 g/mol. The third-order valence-electron chi connectivity index (χ3n) is 3.50. The molecular weight excluding hydrogens is 188 g/mol. The fourth-order valence-corrected chi connectivity index (χ4v) is 1.81. The molecule has 1 saturated heterocycles. The van der Waals surface area contributed by atoms with Gasteiger partial charge in [0.2, 0.25) is 0 Å². The smallest absolute Gasteiger partial charge is 0.0471 e. The van der Waals surface area contributed by atoms with Crippen LogP contribution >= 0.6 is 0 Å². The minimum Gasteiger partial charge on any atom is -0.381 e. The zero-order valence-electron chi connectivity index (χ0n) is 10.7. The molecule has 0 aromatic heterocycles. The number of nitrogens with one attached hydrogen (secondary N) is 2. The molecule has 1 heterocycles. The maximum Gasteiger partial charge on any atom is 0.0471 e. The Kier molecular flexibility index (Phi) is 4.56. The molecule has 15 heavy (non-hydrogen) atoms. The van der Waals surface area contributed by atoms with Crippen molar-refractivity contribution in [3.63, 3.8) is 0 Å². The van der Waals surface area contributed by atoms with Gasteiger partial charge in [-0.05, 0) is 39.2 Å². The molecule has 0 bridgehead atoms. The summed E-state index contributed by atoms with van der Waals surface area (Å²) in [6.07, 6.45) is 2.36. The van der Waals surface area contributed by atoms with Crippen LogP contribution in [0.4, 0.5) is 0 Å². The van der Waals surface area contributed by atoms with Gasteiger partial charge < -0.3 is 15.4 Å². The Morgan fingerprint density at radius 1 is 1.27 bits per heavy atom. The molecule has 90 valence electrons. The SMILES string of the molecule is CNC(C)(C)CNCC1(C)CCOCC1. The Bertz CT molecular complexity index is 186. The molecule has 0 radical (unpaired) electrons. The normalized spacial score (nSPS) is 21.6. The van der Waals surface area contributed by atoms with Crippen molar-refractivity contribution in [2.75, 3.05) is 33.4 Å². The minimum absolute atomic E-state index is 0.182. The molecule has 1 fully saturated rings. The van der Waals surface area contributed by atoms with E-state index in [2.05, 4.69) is 31.4 Å². The largest absolute Gasteiger partial charge is 0.381 e. The van der Waals surface area contributed by atoms with Gasteiger partial charge in [0.25, 0.3) is 0 Å². The molecule has 0 aromatic carbocycles. The van der Waals surface area contributed by atoms with Gasteiger partial charge in [0, 0.05) is 31.8 Å². The van der Waals surface area contributed by atoms with Crippen molar-refractivity contribution in [2.24, 2.45) is 5.41 Å². The highest BCUT2D eigenvalue weighted by Crippen LogP contribution is 2.28. The molecule has 1 aliphatic heterocycles. The zero-order chi connectivity index (χ0) is 11.4. The molecule has 0 aromatic rings. The van der Waals surface area contributed by atoms with Crippen LogP contribution in [0.15, 0.2) is 0 Å². The van der Waals surface area contributed by atoms with Crippen LogP contribution in [0.1, 0.15) is 33.6 Å². The van der Waals surface area contributed by atoms with Gasteiger partial charge in [0.1, 0.15) is 0 Å². The van der Waals surface area contributed by atoms with Gasteiger partial charge in [-0.15, -0.1) is 0 Å². The predicted molar refractivity (Wildman–Crippen MR) is 64.2 cm³/mol. The fourth-order valence-electron chi connectivity index (χ4n) is 1.81. The summed E-state index contributed by atoms with van der Waals surface area (Å²) in [6, 6.07) is 0. The lowest BCUT2D eigenvalue weighted by molar-refractivity contribution is 0.0236. The lowest BCUT2D eigenvalue weighted by atomic mass is 9.82. The third-order valence-corrected chi connectivity index (χ3v) is 3.50. The van der Waals surface area contributed by atoms with Crippen molar-refractivity contribution in [3.05, 3.63) is 0 Å². The first-order valence-corrected chi connectivity index (χ1v) is 5.95. The van der Waals surface area contributed by atoms with Gasteiger partial charge in [-0.1, -0.05) is 6.92 Å². The molecule has 2 N–H and O–H groups in total. The molecule has 0 aliphatic carbocycles. The molecule has 3 heteroatoms. The lowest BCUT2D eigenvalue weighted by Gasteiger charge is -2.35. The zero-order valence-corrected chi connectivity index (χ0v) is 10.7. The van der Waals surface area contributed by atoms with Crippen LogP contribution in [0, 0.1) is 5.41 Å². The Balaban J connectivity index is 2.24. The Hall–Kier alpha value is -0.120. The topological polar surface area (TPSA) is 33.3 Å². The maximum atomic E-state index is 5.39. The average molecular weight is 214 g/mol. The van der Waals surface area contributed by atoms with E-state index in [4.69, 9.17) is 4.74 Å². The van der Waals surface area contributed by atoms with E-state index < -0.39 is 0 Å². The van der Waals surface area contributed by atoms with E-state index in [1.54, 1.807) is 0 Å². The van der Waals surface area contributed by atoms with E-state index in [9.17, 15) is 0 Å². The molecule has 3 nitrogen and oxygen atoms in total. The summed E-state index contributed by atoms with van der Waals surface area (Å²) in [4.78, 5) is 0. The van der Waals surface area contributed by atoms with Crippen molar-refractivity contribution in [3.8, 4) is 0 Å². The van der Waals surface area contributed by atoms with Gasteiger partial charge in [-0.25, -0.2) is 0 Å². The Morgan fingerprint density at radius 3 is 2.40 bits per heavy atom. The molecule has 1 rings (SSSR count). The summed E-state index contributed by atoms with van der Waals surface area (Å²) < 4.78 is 5.39. The first-order chi connectivity index (χ1) is 6.97. The quantitative estimate of drug-likeness (QED) is 0.725. The highest BCUT2D eigenvalue weighted by molar-refractivity contribution is 4.83. The second kappa shape index (κ2) is 5.28. The van der Waals surface area contributed by atoms with Gasteiger partial charge in [-0.2, -0.15) is 0 Å². The lowest BCUT2D eigenvalue weighted by Crippen LogP contribution is -2.48. The number of rotatable bonds is 5. The second-order valence-corrected chi connectivity index (χ2v) is 5.66. The van der Waals surface area contributed by atoms with Crippen LogP contribution in [0.2, 0.25) is 0 Å². The molecule has 0 amide bonds. The predicted octanol–water partition coefficient (Wildman–Crippen LogP) is 1.39. The first kappa shape index (κ1) is 12.9. The van der Waals surface area contributed by atoms with Gasteiger partial charge in [-0.3, -0.25) is 0 Å².